The molecule has 0 aliphatic carbocycles. The second kappa shape index (κ2) is 7.60. The Morgan fingerprint density at radius 3 is 2.57 bits per heavy atom. The zero-order valence-corrected chi connectivity index (χ0v) is 13.3. The summed E-state index contributed by atoms with van der Waals surface area (Å²) >= 11 is 0. The van der Waals surface area contributed by atoms with Crippen LogP contribution in [0, 0.1) is 0 Å². The van der Waals surface area contributed by atoms with Crippen molar-refractivity contribution in [1.29, 1.82) is 0 Å². The molecule has 1 fully saturated rings. The van der Waals surface area contributed by atoms with Crippen LogP contribution in [0.1, 0.15) is 50.7 Å². The van der Waals surface area contributed by atoms with Crippen molar-refractivity contribution in [3.63, 3.8) is 0 Å². The Bertz CT molecular complexity index is 455. The Kier molecular flexibility index (Phi) is 5.80. The first-order valence-corrected chi connectivity index (χ1v) is 8.23. The summed E-state index contributed by atoms with van der Waals surface area (Å²) in [6.45, 7) is 5.11. The van der Waals surface area contributed by atoms with Gasteiger partial charge in [0.25, 0.3) is 0 Å². The average molecular weight is 288 g/mol. The smallest absolute Gasteiger partial charge is 0.227 e. The van der Waals surface area contributed by atoms with Gasteiger partial charge in [0.05, 0.1) is 6.42 Å². The van der Waals surface area contributed by atoms with E-state index in [4.69, 9.17) is 5.73 Å². The number of nitrogens with two attached hydrogens (primary N) is 1. The van der Waals surface area contributed by atoms with E-state index >= 15 is 0 Å². The summed E-state index contributed by atoms with van der Waals surface area (Å²) in [4.78, 5) is 14.4. The predicted molar refractivity (Wildman–Crippen MR) is 87.1 cm³/mol. The topological polar surface area (TPSA) is 46.3 Å². The van der Waals surface area contributed by atoms with Crippen LogP contribution in [0.15, 0.2) is 24.3 Å². The zero-order chi connectivity index (χ0) is 15.2. The summed E-state index contributed by atoms with van der Waals surface area (Å²) < 4.78 is 0. The molecule has 0 spiro atoms. The van der Waals surface area contributed by atoms with Gasteiger partial charge < -0.3 is 10.6 Å². The molecule has 0 unspecified atom stereocenters. The standard InChI is InChI=1S/C18H28N2O/c1-3-4-5-15-6-8-16(9-7-15)13-18(21)20-11-10-17(19)12-14(20)2/h6-9,14,17H,3-5,10-13,19H2,1-2H3/t14-,17+/m0/s1. The summed E-state index contributed by atoms with van der Waals surface area (Å²) in [6, 6.07) is 9.04. The fourth-order valence-corrected chi connectivity index (χ4v) is 3.06. The normalized spacial score (nSPS) is 22.3. The minimum atomic E-state index is 0.232. The number of nitrogens with zero attached hydrogens (tertiary/aromatic N) is 1. The predicted octanol–water partition coefficient (Wildman–Crippen LogP) is 2.91. The SMILES string of the molecule is CCCCc1ccc(CC(=O)N2CC[C@@H](N)C[C@@H]2C)cc1. The Labute approximate surface area is 128 Å². The maximum atomic E-state index is 12.4. The van der Waals surface area contributed by atoms with Gasteiger partial charge in [-0.2, -0.15) is 0 Å². The van der Waals surface area contributed by atoms with Crippen LogP contribution in [-0.4, -0.2) is 29.4 Å². The summed E-state index contributed by atoms with van der Waals surface area (Å²) in [6.07, 6.45) is 5.92. The molecular formula is C18H28N2O. The van der Waals surface area contributed by atoms with Gasteiger partial charge in [-0.1, -0.05) is 37.6 Å². The monoisotopic (exact) mass is 288 g/mol. The van der Waals surface area contributed by atoms with Crippen LogP contribution in [0.2, 0.25) is 0 Å². The third-order valence-corrected chi connectivity index (χ3v) is 4.43. The number of likely N-dealkylation sites (tertiary alicyclic amines) is 1. The van der Waals surface area contributed by atoms with Gasteiger partial charge in [-0.3, -0.25) is 4.79 Å². The summed E-state index contributed by atoms with van der Waals surface area (Å²) in [5.41, 5.74) is 8.44. The van der Waals surface area contributed by atoms with Gasteiger partial charge in [0.1, 0.15) is 0 Å². The van der Waals surface area contributed by atoms with E-state index in [0.717, 1.165) is 31.4 Å². The van der Waals surface area contributed by atoms with E-state index in [0.29, 0.717) is 6.42 Å². The highest BCUT2D eigenvalue weighted by Crippen LogP contribution is 2.17. The molecule has 1 heterocycles. The van der Waals surface area contributed by atoms with Gasteiger partial charge in [0, 0.05) is 18.6 Å². The maximum absolute atomic E-state index is 12.4. The van der Waals surface area contributed by atoms with Crippen molar-refractivity contribution < 1.29 is 4.79 Å². The van der Waals surface area contributed by atoms with Crippen LogP contribution in [0.4, 0.5) is 0 Å². The number of hydrogen-bond donors (Lipinski definition) is 1. The first kappa shape index (κ1) is 16.0. The molecule has 2 N–H and O–H groups in total. The molecule has 1 amide bonds. The largest absolute Gasteiger partial charge is 0.340 e. The van der Waals surface area contributed by atoms with E-state index in [2.05, 4.69) is 38.1 Å². The molecule has 0 radical (unpaired) electrons. The minimum absolute atomic E-state index is 0.232. The number of benzene rings is 1. The molecule has 1 aliphatic rings. The fraction of sp³-hybridized carbons (Fsp3) is 0.611. The molecule has 1 aromatic rings. The van der Waals surface area contributed by atoms with Crippen molar-refractivity contribution in [3.05, 3.63) is 35.4 Å². The van der Waals surface area contributed by atoms with E-state index in [1.54, 1.807) is 0 Å². The number of carbonyl (C=O) groups is 1. The Morgan fingerprint density at radius 1 is 1.29 bits per heavy atom. The Hall–Kier alpha value is -1.35. The molecule has 3 heteroatoms. The van der Waals surface area contributed by atoms with Crippen molar-refractivity contribution in [2.24, 2.45) is 5.73 Å². The number of rotatable bonds is 5. The van der Waals surface area contributed by atoms with Gasteiger partial charge in [-0.15, -0.1) is 0 Å². The molecule has 21 heavy (non-hydrogen) atoms. The molecule has 2 rings (SSSR count). The second-order valence-electron chi connectivity index (χ2n) is 6.32. The van der Waals surface area contributed by atoms with Crippen LogP contribution in [-0.2, 0) is 17.6 Å². The van der Waals surface area contributed by atoms with Crippen molar-refractivity contribution in [3.8, 4) is 0 Å². The summed E-state index contributed by atoms with van der Waals surface area (Å²) in [5.74, 6) is 0.232. The van der Waals surface area contributed by atoms with E-state index in [1.165, 1.54) is 18.4 Å². The van der Waals surface area contributed by atoms with Crippen LogP contribution in [0.3, 0.4) is 0 Å². The highest BCUT2D eigenvalue weighted by atomic mass is 16.2. The fourth-order valence-electron chi connectivity index (χ4n) is 3.06. The number of unbranched alkanes of at least 4 members (excludes halogenated alkanes) is 1. The molecule has 0 saturated carbocycles. The summed E-state index contributed by atoms with van der Waals surface area (Å²) in [5, 5.41) is 0. The van der Waals surface area contributed by atoms with E-state index in [9.17, 15) is 4.79 Å². The highest BCUT2D eigenvalue weighted by Gasteiger charge is 2.26. The highest BCUT2D eigenvalue weighted by molar-refractivity contribution is 5.79. The van der Waals surface area contributed by atoms with Gasteiger partial charge in [0.2, 0.25) is 5.91 Å². The zero-order valence-electron chi connectivity index (χ0n) is 13.3. The maximum Gasteiger partial charge on any atom is 0.227 e. The van der Waals surface area contributed by atoms with Gasteiger partial charge >= 0.3 is 0 Å². The third-order valence-electron chi connectivity index (χ3n) is 4.43. The molecule has 116 valence electrons. The van der Waals surface area contributed by atoms with Crippen LogP contribution >= 0.6 is 0 Å². The minimum Gasteiger partial charge on any atom is -0.340 e. The van der Waals surface area contributed by atoms with Crippen molar-refractivity contribution >= 4 is 5.91 Å². The first-order chi connectivity index (χ1) is 10.1. The van der Waals surface area contributed by atoms with Crippen LogP contribution in [0.5, 0.6) is 0 Å². The van der Waals surface area contributed by atoms with E-state index in [1.807, 2.05) is 4.90 Å². The lowest BCUT2D eigenvalue weighted by Crippen LogP contribution is -2.48. The Morgan fingerprint density at radius 2 is 1.95 bits per heavy atom. The Balaban J connectivity index is 1.90. The quantitative estimate of drug-likeness (QED) is 0.905. The third kappa shape index (κ3) is 4.57. The molecule has 1 aliphatic heterocycles. The molecule has 3 nitrogen and oxygen atoms in total. The van der Waals surface area contributed by atoms with Gasteiger partial charge in [-0.25, -0.2) is 0 Å². The summed E-state index contributed by atoms with van der Waals surface area (Å²) in [7, 11) is 0. The lowest BCUT2D eigenvalue weighted by Gasteiger charge is -2.36. The number of amides is 1. The lowest BCUT2D eigenvalue weighted by molar-refractivity contribution is -0.133. The second-order valence-corrected chi connectivity index (χ2v) is 6.32. The molecule has 1 saturated heterocycles. The number of piperidine rings is 1. The first-order valence-electron chi connectivity index (χ1n) is 8.23. The molecule has 2 atom stereocenters. The van der Waals surface area contributed by atoms with Crippen LogP contribution < -0.4 is 5.73 Å². The molecule has 0 bridgehead atoms. The molecule has 1 aromatic carbocycles. The van der Waals surface area contributed by atoms with Crippen molar-refractivity contribution in [2.45, 2.75) is 64.5 Å². The van der Waals surface area contributed by atoms with Crippen LogP contribution in [0.25, 0.3) is 0 Å². The number of carbonyl (C=O) groups excluding carboxylic acids is 1. The number of hydrogen-bond acceptors (Lipinski definition) is 2. The number of aryl methyl sites for hydroxylation is 1. The lowest BCUT2D eigenvalue weighted by atomic mass is 9.98. The van der Waals surface area contributed by atoms with Gasteiger partial charge in [0.15, 0.2) is 0 Å². The van der Waals surface area contributed by atoms with Crippen molar-refractivity contribution in [2.75, 3.05) is 6.54 Å². The van der Waals surface area contributed by atoms with Crippen molar-refractivity contribution in [1.82, 2.24) is 4.90 Å². The van der Waals surface area contributed by atoms with E-state index in [-0.39, 0.29) is 18.0 Å². The molecular weight excluding hydrogens is 260 g/mol. The van der Waals surface area contributed by atoms with E-state index < -0.39 is 0 Å². The molecule has 0 aromatic heterocycles. The van der Waals surface area contributed by atoms with Gasteiger partial charge in [-0.05, 0) is 43.7 Å². The average Bonchev–Trinajstić information content (AvgIpc) is 2.46.